The number of cyclic esters (lactones) is 2. The Balaban J connectivity index is 3.71. The lowest BCUT2D eigenvalue weighted by atomic mass is 9.83. The van der Waals surface area contributed by atoms with Crippen molar-refractivity contribution in [1.29, 1.82) is 0 Å². The van der Waals surface area contributed by atoms with Crippen molar-refractivity contribution in [3.63, 3.8) is 0 Å². The van der Waals surface area contributed by atoms with Gasteiger partial charge in [-0.05, 0) is 76.7 Å². The predicted octanol–water partition coefficient (Wildman–Crippen LogP) is 1.51. The maximum Gasteiger partial charge on any atom is 0.361 e. The van der Waals surface area contributed by atoms with E-state index < -0.39 is 119 Å². The van der Waals surface area contributed by atoms with Gasteiger partial charge in [0.05, 0.1) is 18.1 Å². The maximum atomic E-state index is 14.2. The lowest BCUT2D eigenvalue weighted by Gasteiger charge is -2.35. The van der Waals surface area contributed by atoms with Crippen LogP contribution in [0.3, 0.4) is 0 Å². The van der Waals surface area contributed by atoms with Gasteiger partial charge in [0.25, 0.3) is 5.91 Å². The van der Waals surface area contributed by atoms with E-state index >= 15 is 0 Å². The fourth-order valence-corrected chi connectivity index (χ4v) is 6.67. The molecule has 1 aliphatic rings. The lowest BCUT2D eigenvalue weighted by Crippen LogP contribution is -2.56. The van der Waals surface area contributed by atoms with Crippen LogP contribution in [-0.2, 0) is 58.1 Å². The minimum Gasteiger partial charge on any atom is -0.460 e. The van der Waals surface area contributed by atoms with E-state index in [4.69, 9.17) is 24.5 Å². The van der Waals surface area contributed by atoms with E-state index in [0.29, 0.717) is 18.8 Å². The molecule has 6 atom stereocenters. The van der Waals surface area contributed by atoms with Crippen molar-refractivity contribution in [2.24, 2.45) is 23.0 Å². The first kappa shape index (κ1) is 63.4. The number of nitrogens with two attached hydrogens (primary N) is 1. The van der Waals surface area contributed by atoms with Crippen LogP contribution in [0.2, 0.25) is 0 Å². The summed E-state index contributed by atoms with van der Waals surface area (Å²) in [4.78, 5) is 118. The molecule has 24 nitrogen and oxygen atoms in total. The highest BCUT2D eigenvalue weighted by Gasteiger charge is 2.43. The van der Waals surface area contributed by atoms with Crippen molar-refractivity contribution in [1.82, 2.24) is 41.9 Å². The van der Waals surface area contributed by atoms with Crippen LogP contribution in [0.15, 0.2) is 60.4 Å². The fraction of sp³-hybridized carbons (Fsp3) is 0.596. The number of carbonyl (C=O) groups is 9. The van der Waals surface area contributed by atoms with Gasteiger partial charge in [-0.25, -0.2) is 14.3 Å². The number of ether oxygens (including phenoxy) is 3. The standard InChI is InChI=1S/C47H75N9O15S/c1-9-19-33-43(62)55-34(22-18-25-49-46(65)56-72(66,67)68)41(60)50-28-39(58)54-35(27-52-45(48)64)42(61)51-29-40(59)71-37(26-32(69-8)21-17-15-13-11-12-14-16-20-30(3)4)47(6,7)44(63)70-36(31(5)10-2)23-24-38(57)53-33/h12-15,17,19,21,23-24,30-32,34-37H,9-11,16,18,20,22,25-29H2,1-8H3,(H,50,60)(H,51,61)(H,53,57)(H,54,58)(H,55,62)(H3,48,52,64)(H2,49,56,65)(H,66,67,68). The molecule has 0 saturated heterocycles. The number of primary amides is 1. The highest BCUT2D eigenvalue weighted by molar-refractivity contribution is 7.84. The molecule has 6 unspecified atom stereocenters. The summed E-state index contributed by atoms with van der Waals surface area (Å²) in [5, 5.41) is 16.2. The predicted molar refractivity (Wildman–Crippen MR) is 265 cm³/mol. The van der Waals surface area contributed by atoms with Gasteiger partial charge in [-0.1, -0.05) is 77.2 Å². The molecule has 0 saturated carbocycles. The zero-order valence-electron chi connectivity index (χ0n) is 42.4. The number of amides is 9. The quantitative estimate of drug-likeness (QED) is 0.0206. The van der Waals surface area contributed by atoms with E-state index in [1.807, 2.05) is 19.1 Å². The Labute approximate surface area is 421 Å². The fourth-order valence-electron chi connectivity index (χ4n) is 6.36. The van der Waals surface area contributed by atoms with Gasteiger partial charge in [0.1, 0.15) is 36.5 Å². The zero-order chi connectivity index (χ0) is 54.4. The molecular formula is C47H75N9O15S. The van der Waals surface area contributed by atoms with E-state index in [9.17, 15) is 51.6 Å². The number of methoxy groups -OCH3 is 1. The van der Waals surface area contributed by atoms with Gasteiger partial charge in [0, 0.05) is 32.7 Å². The van der Waals surface area contributed by atoms with Gasteiger partial charge in [-0.2, -0.15) is 8.42 Å². The molecule has 0 aromatic carbocycles. The average molecular weight is 1040 g/mol. The third-order valence-corrected chi connectivity index (χ3v) is 11.3. The highest BCUT2D eigenvalue weighted by Crippen LogP contribution is 2.31. The Hall–Kier alpha value is -6.60. The van der Waals surface area contributed by atoms with Crippen LogP contribution in [-0.4, -0.2) is 130 Å². The number of nitrogens with one attached hydrogen (secondary N) is 8. The molecule has 0 aromatic heterocycles. The molecule has 0 bridgehead atoms. The second kappa shape index (κ2) is 33.1. The van der Waals surface area contributed by atoms with Gasteiger partial charge in [0.15, 0.2) is 0 Å². The highest BCUT2D eigenvalue weighted by atomic mass is 32.2. The Morgan fingerprint density at radius 2 is 1.62 bits per heavy atom. The van der Waals surface area contributed by atoms with E-state index in [2.05, 4.69) is 63.2 Å². The van der Waals surface area contributed by atoms with Crippen molar-refractivity contribution in [2.75, 3.05) is 33.3 Å². The summed E-state index contributed by atoms with van der Waals surface area (Å²) >= 11 is 0. The van der Waals surface area contributed by atoms with Gasteiger partial charge >= 0.3 is 34.3 Å². The number of hydrogen-bond acceptors (Lipinski definition) is 14. The number of esters is 2. The van der Waals surface area contributed by atoms with Crippen molar-refractivity contribution in [3.05, 3.63) is 60.4 Å². The maximum absolute atomic E-state index is 14.2. The van der Waals surface area contributed by atoms with Crippen molar-refractivity contribution < 1.29 is 70.3 Å². The Morgan fingerprint density at radius 1 is 0.944 bits per heavy atom. The number of hydrogen-bond donors (Lipinski definition) is 10. The van der Waals surface area contributed by atoms with E-state index in [0.717, 1.165) is 18.9 Å². The molecule has 1 rings (SSSR count). The molecular weight excluding hydrogens is 963 g/mol. The number of urea groups is 2. The summed E-state index contributed by atoms with van der Waals surface area (Å²) in [6.07, 6.45) is 15.2. The first-order valence-electron chi connectivity index (χ1n) is 23.7. The second-order valence-corrected chi connectivity index (χ2v) is 18.8. The number of rotatable bonds is 20. The van der Waals surface area contributed by atoms with Crippen LogP contribution in [0.4, 0.5) is 9.59 Å². The third kappa shape index (κ3) is 26.6. The Bertz CT molecular complexity index is 2120. The van der Waals surface area contributed by atoms with Gasteiger partial charge in [-0.15, -0.1) is 0 Å². The van der Waals surface area contributed by atoms with Crippen LogP contribution in [0.5, 0.6) is 0 Å². The summed E-state index contributed by atoms with van der Waals surface area (Å²) < 4.78 is 49.7. The molecule has 0 fully saturated rings. The summed E-state index contributed by atoms with van der Waals surface area (Å²) in [6, 6.07) is -5.42. The molecule has 25 heteroatoms. The molecule has 0 spiro atoms. The van der Waals surface area contributed by atoms with E-state index in [1.54, 1.807) is 26.0 Å². The van der Waals surface area contributed by atoms with Crippen molar-refractivity contribution in [3.8, 4) is 0 Å². The largest absolute Gasteiger partial charge is 0.460 e. The van der Waals surface area contributed by atoms with E-state index in [-0.39, 0.29) is 43.8 Å². The Kier molecular flexibility index (Phi) is 29.2. The molecule has 11 N–H and O–H groups in total. The van der Waals surface area contributed by atoms with Crippen molar-refractivity contribution in [2.45, 2.75) is 130 Å². The smallest absolute Gasteiger partial charge is 0.361 e. The molecule has 1 heterocycles. The van der Waals surface area contributed by atoms with Gasteiger partial charge in [0.2, 0.25) is 23.6 Å². The Morgan fingerprint density at radius 3 is 2.25 bits per heavy atom. The average Bonchev–Trinajstić information content (AvgIpc) is 3.30. The van der Waals surface area contributed by atoms with Crippen LogP contribution < -0.4 is 47.7 Å². The van der Waals surface area contributed by atoms with Crippen LogP contribution in [0, 0.1) is 17.3 Å². The van der Waals surface area contributed by atoms with Gasteiger partial charge in [-0.3, -0.25) is 38.1 Å². The van der Waals surface area contributed by atoms with Crippen molar-refractivity contribution >= 4 is 63.8 Å². The minimum absolute atomic E-state index is 0.0720. The first-order valence-corrected chi connectivity index (χ1v) is 25.1. The first-order chi connectivity index (χ1) is 33.8. The van der Waals surface area contributed by atoms with Crippen LogP contribution in [0.25, 0.3) is 0 Å². The van der Waals surface area contributed by atoms with E-state index in [1.165, 1.54) is 37.8 Å². The molecule has 9 amide bonds. The SMILES string of the molecule is CCC=C1NC(=O)C=CC(C(C)CC)OC(=O)C(C)(C)C(CC(C=CC=CCC=CCCC(C)C)OC)OC(=O)CNC(=O)C(CNC(N)=O)NC(=O)CNC(=O)C(CCCNC(=O)NS(=O)(=O)O)NC1=O. The summed E-state index contributed by atoms with van der Waals surface area (Å²) in [7, 11) is -3.45. The monoisotopic (exact) mass is 1040 g/mol. The third-order valence-electron chi connectivity index (χ3n) is 10.8. The molecule has 404 valence electrons. The molecule has 1 aliphatic heterocycles. The van der Waals surface area contributed by atoms with Crippen LogP contribution >= 0.6 is 0 Å². The zero-order valence-corrected chi connectivity index (χ0v) is 43.2. The minimum atomic E-state index is -4.88. The summed E-state index contributed by atoms with van der Waals surface area (Å²) in [5.41, 5.74) is 3.32. The lowest BCUT2D eigenvalue weighted by molar-refractivity contribution is -0.176. The number of allylic oxidation sites excluding steroid dienone is 6. The topological polar surface area (TPSA) is 358 Å². The molecule has 0 radical (unpaired) electrons. The second-order valence-electron chi connectivity index (χ2n) is 17.6. The molecule has 72 heavy (non-hydrogen) atoms. The summed E-state index contributed by atoms with van der Waals surface area (Å²) in [6.45, 7) is 10.1. The number of carbonyl (C=O) groups excluding carboxylic acids is 9. The summed E-state index contributed by atoms with van der Waals surface area (Å²) in [5.74, 6) is -6.34. The van der Waals surface area contributed by atoms with Gasteiger partial charge < -0.3 is 57.2 Å². The normalized spacial score (nSPS) is 22.0. The molecule has 0 aliphatic carbocycles. The van der Waals surface area contributed by atoms with Crippen LogP contribution in [0.1, 0.15) is 99.8 Å². The molecule has 0 aromatic rings.